The van der Waals surface area contributed by atoms with Gasteiger partial charge in [-0.05, 0) is 61.1 Å². The molecule has 0 heterocycles. The van der Waals surface area contributed by atoms with Crippen LogP contribution in [0.5, 0.6) is 11.5 Å². The second-order valence-electron chi connectivity index (χ2n) is 6.55. The predicted molar refractivity (Wildman–Crippen MR) is 100 cm³/mol. The van der Waals surface area contributed by atoms with Crippen molar-refractivity contribution in [2.24, 2.45) is 0 Å². The molecule has 1 amide bonds. The van der Waals surface area contributed by atoms with Gasteiger partial charge < -0.3 is 15.2 Å². The van der Waals surface area contributed by atoms with E-state index >= 15 is 0 Å². The van der Waals surface area contributed by atoms with Crippen molar-refractivity contribution in [3.05, 3.63) is 59.7 Å². The summed E-state index contributed by atoms with van der Waals surface area (Å²) in [5.41, 5.74) is 2.33. The van der Waals surface area contributed by atoms with Crippen molar-refractivity contribution in [2.45, 2.75) is 45.6 Å². The highest BCUT2D eigenvalue weighted by Crippen LogP contribution is 2.21. The number of carbonyl (C=O) groups is 1. The van der Waals surface area contributed by atoms with Gasteiger partial charge in [0.05, 0.1) is 0 Å². The van der Waals surface area contributed by atoms with Crippen molar-refractivity contribution in [3.63, 3.8) is 0 Å². The Kier molecular flexibility index (Phi) is 6.87. The van der Waals surface area contributed by atoms with Gasteiger partial charge >= 0.3 is 0 Å². The fraction of sp³-hybridized carbons (Fsp3) is 0.381. The van der Waals surface area contributed by atoms with Crippen molar-refractivity contribution in [3.8, 4) is 11.5 Å². The molecule has 134 valence electrons. The first-order valence-corrected chi connectivity index (χ1v) is 8.78. The molecule has 2 aromatic carbocycles. The van der Waals surface area contributed by atoms with E-state index in [0.29, 0.717) is 12.5 Å². The molecule has 0 bridgehead atoms. The number of aryl methyl sites for hydroxylation is 1. The second-order valence-corrected chi connectivity index (χ2v) is 6.55. The minimum absolute atomic E-state index is 0.111. The number of rotatable bonds is 8. The average molecular weight is 341 g/mol. The monoisotopic (exact) mass is 341 g/mol. The Morgan fingerprint density at radius 3 is 2.52 bits per heavy atom. The van der Waals surface area contributed by atoms with Crippen LogP contribution in [0.3, 0.4) is 0 Å². The van der Waals surface area contributed by atoms with Gasteiger partial charge in [0, 0.05) is 6.54 Å². The zero-order chi connectivity index (χ0) is 18.2. The maximum absolute atomic E-state index is 12.2. The molecule has 2 rings (SSSR count). The topological polar surface area (TPSA) is 58.6 Å². The lowest BCUT2D eigenvalue weighted by molar-refractivity contribution is -0.127. The third-order valence-electron chi connectivity index (χ3n) is 4.08. The second kappa shape index (κ2) is 9.11. The molecule has 1 unspecified atom stereocenters. The highest BCUT2D eigenvalue weighted by molar-refractivity contribution is 5.80. The van der Waals surface area contributed by atoms with Crippen molar-refractivity contribution in [1.29, 1.82) is 0 Å². The van der Waals surface area contributed by atoms with E-state index in [2.05, 4.69) is 25.2 Å². The first kappa shape index (κ1) is 18.8. The van der Waals surface area contributed by atoms with E-state index in [-0.39, 0.29) is 11.7 Å². The molecule has 0 aromatic heterocycles. The number of phenols is 1. The van der Waals surface area contributed by atoms with Crippen molar-refractivity contribution >= 4 is 5.91 Å². The van der Waals surface area contributed by atoms with Gasteiger partial charge in [-0.2, -0.15) is 0 Å². The van der Waals surface area contributed by atoms with Crippen LogP contribution in [0.4, 0.5) is 0 Å². The van der Waals surface area contributed by atoms with Crippen LogP contribution in [-0.4, -0.2) is 23.7 Å². The average Bonchev–Trinajstić information content (AvgIpc) is 2.60. The molecule has 0 saturated carbocycles. The van der Waals surface area contributed by atoms with E-state index in [0.717, 1.165) is 24.2 Å². The molecule has 1 atom stereocenters. The maximum atomic E-state index is 12.2. The molecule has 0 aliphatic heterocycles. The van der Waals surface area contributed by atoms with Gasteiger partial charge in [-0.3, -0.25) is 4.79 Å². The summed E-state index contributed by atoms with van der Waals surface area (Å²) < 4.78 is 5.76. The summed E-state index contributed by atoms with van der Waals surface area (Å²) in [5.74, 6) is 1.30. The van der Waals surface area contributed by atoms with E-state index in [1.54, 1.807) is 19.1 Å². The molecule has 2 N–H and O–H groups in total. The molecule has 0 radical (unpaired) electrons. The van der Waals surface area contributed by atoms with E-state index in [1.165, 1.54) is 5.56 Å². The molecule has 0 saturated heterocycles. The smallest absolute Gasteiger partial charge is 0.260 e. The molecule has 0 fully saturated rings. The third kappa shape index (κ3) is 6.14. The zero-order valence-corrected chi connectivity index (χ0v) is 15.2. The molecule has 4 nitrogen and oxygen atoms in total. The molecule has 0 aliphatic carbocycles. The number of amides is 1. The molecule has 0 aliphatic rings. The van der Waals surface area contributed by atoms with Gasteiger partial charge in [0.1, 0.15) is 11.5 Å². The van der Waals surface area contributed by atoms with Crippen LogP contribution in [0.2, 0.25) is 0 Å². The first-order valence-electron chi connectivity index (χ1n) is 8.78. The lowest BCUT2D eigenvalue weighted by Gasteiger charge is -2.16. The highest BCUT2D eigenvalue weighted by Gasteiger charge is 2.14. The van der Waals surface area contributed by atoms with Crippen LogP contribution in [0.25, 0.3) is 0 Å². The Morgan fingerprint density at radius 2 is 1.84 bits per heavy atom. The Labute approximate surface area is 149 Å². The Morgan fingerprint density at radius 1 is 1.12 bits per heavy atom. The van der Waals surface area contributed by atoms with E-state index < -0.39 is 6.10 Å². The maximum Gasteiger partial charge on any atom is 0.260 e. The molecular formula is C21H27NO3. The van der Waals surface area contributed by atoms with Gasteiger partial charge in [0.2, 0.25) is 0 Å². The predicted octanol–water partition coefficient (Wildman–Crippen LogP) is 4.03. The summed E-state index contributed by atoms with van der Waals surface area (Å²) in [6.07, 6.45) is 1.16. The minimum atomic E-state index is -0.531. The minimum Gasteiger partial charge on any atom is -0.508 e. The molecule has 0 spiro atoms. The standard InChI is InChI=1S/C21H27NO3/c1-15(2)18-7-4-8-20(14-18)25-16(3)21(24)22-13-5-6-17-9-11-19(23)12-10-17/h4,7-12,14-16,23H,5-6,13H2,1-3H3,(H,22,24). The Balaban J connectivity index is 1.74. The quantitative estimate of drug-likeness (QED) is 0.713. The highest BCUT2D eigenvalue weighted by atomic mass is 16.5. The van der Waals surface area contributed by atoms with Crippen molar-refractivity contribution in [2.75, 3.05) is 6.54 Å². The summed E-state index contributed by atoms with van der Waals surface area (Å²) in [4.78, 5) is 12.2. The van der Waals surface area contributed by atoms with Gasteiger partial charge in [-0.1, -0.05) is 38.1 Å². The van der Waals surface area contributed by atoms with Gasteiger partial charge in [0.25, 0.3) is 5.91 Å². The summed E-state index contributed by atoms with van der Waals surface area (Å²) in [6, 6.07) is 15.0. The van der Waals surface area contributed by atoms with Crippen LogP contribution < -0.4 is 10.1 Å². The van der Waals surface area contributed by atoms with E-state index in [9.17, 15) is 9.90 Å². The van der Waals surface area contributed by atoms with Crippen LogP contribution in [-0.2, 0) is 11.2 Å². The van der Waals surface area contributed by atoms with E-state index in [1.807, 2.05) is 30.3 Å². The van der Waals surface area contributed by atoms with Gasteiger partial charge in [-0.15, -0.1) is 0 Å². The van der Waals surface area contributed by atoms with Gasteiger partial charge in [-0.25, -0.2) is 0 Å². The zero-order valence-electron chi connectivity index (χ0n) is 15.2. The Bertz CT molecular complexity index is 680. The number of ether oxygens (including phenoxy) is 1. The number of phenolic OH excluding ortho intramolecular Hbond substituents is 1. The third-order valence-corrected chi connectivity index (χ3v) is 4.08. The lowest BCUT2D eigenvalue weighted by Crippen LogP contribution is -2.36. The van der Waals surface area contributed by atoms with Crippen LogP contribution in [0.1, 0.15) is 44.2 Å². The molecule has 4 heteroatoms. The molecular weight excluding hydrogens is 314 g/mol. The summed E-state index contributed by atoms with van der Waals surface area (Å²) in [5, 5.41) is 12.2. The Hall–Kier alpha value is -2.49. The first-order chi connectivity index (χ1) is 12.0. The van der Waals surface area contributed by atoms with Crippen LogP contribution in [0, 0.1) is 0 Å². The fourth-order valence-electron chi connectivity index (χ4n) is 2.52. The van der Waals surface area contributed by atoms with Crippen molar-refractivity contribution < 1.29 is 14.6 Å². The number of nitrogens with one attached hydrogen (secondary N) is 1. The summed E-state index contributed by atoms with van der Waals surface area (Å²) >= 11 is 0. The van der Waals surface area contributed by atoms with Crippen LogP contribution >= 0.6 is 0 Å². The number of hydrogen-bond acceptors (Lipinski definition) is 3. The van der Waals surface area contributed by atoms with E-state index in [4.69, 9.17) is 4.74 Å². The summed E-state index contributed by atoms with van der Waals surface area (Å²) in [7, 11) is 0. The molecule has 25 heavy (non-hydrogen) atoms. The van der Waals surface area contributed by atoms with Crippen molar-refractivity contribution in [1.82, 2.24) is 5.32 Å². The largest absolute Gasteiger partial charge is 0.508 e. The molecule has 2 aromatic rings. The van der Waals surface area contributed by atoms with Gasteiger partial charge in [0.15, 0.2) is 6.10 Å². The number of carbonyl (C=O) groups excluding carboxylic acids is 1. The van der Waals surface area contributed by atoms with Crippen LogP contribution in [0.15, 0.2) is 48.5 Å². The number of aromatic hydroxyl groups is 1. The SMILES string of the molecule is CC(Oc1cccc(C(C)C)c1)C(=O)NCCCc1ccc(O)cc1. The lowest BCUT2D eigenvalue weighted by atomic mass is 10.0. The summed E-state index contributed by atoms with van der Waals surface area (Å²) in [6.45, 7) is 6.61. The number of hydrogen-bond donors (Lipinski definition) is 2. The number of benzene rings is 2. The normalized spacial score (nSPS) is 12.0. The fourth-order valence-corrected chi connectivity index (χ4v) is 2.52.